The van der Waals surface area contributed by atoms with Gasteiger partial charge in [-0.1, -0.05) is 50.3 Å². The standard InChI is InChI=1S/C18H25NO/c1-15(16(2)19-13-14-20-17(19)3)9-7-8-12-18-10-5-4-6-11-18/h4-6,10-11,15H,2-3,7-9,12-14H2,1H3. The first-order valence-corrected chi connectivity index (χ1v) is 7.50. The normalized spacial score (nSPS) is 16.1. The van der Waals surface area contributed by atoms with Crippen LogP contribution in [0, 0.1) is 5.92 Å². The molecule has 0 aliphatic carbocycles. The SMILES string of the molecule is C=C1OCCN1C(=C)C(C)CCCCc1ccccc1. The molecule has 0 bridgehead atoms. The predicted molar refractivity (Wildman–Crippen MR) is 84.1 cm³/mol. The lowest BCUT2D eigenvalue weighted by atomic mass is 9.98. The molecule has 1 unspecified atom stereocenters. The van der Waals surface area contributed by atoms with Gasteiger partial charge in [0.1, 0.15) is 6.61 Å². The van der Waals surface area contributed by atoms with Gasteiger partial charge >= 0.3 is 0 Å². The van der Waals surface area contributed by atoms with Crippen LogP contribution < -0.4 is 0 Å². The maximum atomic E-state index is 5.39. The van der Waals surface area contributed by atoms with Crippen LogP contribution in [0.5, 0.6) is 0 Å². The van der Waals surface area contributed by atoms with E-state index in [2.05, 4.69) is 55.3 Å². The Labute approximate surface area is 122 Å². The van der Waals surface area contributed by atoms with E-state index in [0.29, 0.717) is 5.92 Å². The van der Waals surface area contributed by atoms with Crippen LogP contribution in [0.1, 0.15) is 31.7 Å². The van der Waals surface area contributed by atoms with Crippen molar-refractivity contribution < 1.29 is 4.74 Å². The summed E-state index contributed by atoms with van der Waals surface area (Å²) in [7, 11) is 0. The molecule has 1 saturated heterocycles. The Hall–Kier alpha value is -1.70. The highest BCUT2D eigenvalue weighted by Gasteiger charge is 2.22. The maximum Gasteiger partial charge on any atom is 0.186 e. The van der Waals surface area contributed by atoms with E-state index in [1.807, 2.05) is 0 Å². The van der Waals surface area contributed by atoms with Gasteiger partial charge in [0, 0.05) is 5.70 Å². The topological polar surface area (TPSA) is 12.5 Å². The molecule has 1 fully saturated rings. The van der Waals surface area contributed by atoms with Crippen molar-refractivity contribution >= 4 is 0 Å². The summed E-state index contributed by atoms with van der Waals surface area (Å²) in [5.41, 5.74) is 2.58. The van der Waals surface area contributed by atoms with Gasteiger partial charge in [-0.25, -0.2) is 0 Å². The van der Waals surface area contributed by atoms with E-state index in [1.165, 1.54) is 31.2 Å². The maximum absolute atomic E-state index is 5.39. The number of allylic oxidation sites excluding steroid dienone is 1. The average Bonchev–Trinajstić information content (AvgIpc) is 2.90. The third-order valence-corrected chi connectivity index (χ3v) is 4.00. The van der Waals surface area contributed by atoms with Crippen LogP contribution in [-0.4, -0.2) is 18.1 Å². The zero-order valence-corrected chi connectivity index (χ0v) is 12.5. The number of hydrogen-bond donors (Lipinski definition) is 0. The summed E-state index contributed by atoms with van der Waals surface area (Å²) in [6.07, 6.45) is 4.81. The highest BCUT2D eigenvalue weighted by molar-refractivity contribution is 5.14. The van der Waals surface area contributed by atoms with Crippen LogP contribution in [0.4, 0.5) is 0 Å². The van der Waals surface area contributed by atoms with Crippen LogP contribution in [-0.2, 0) is 11.2 Å². The third-order valence-electron chi connectivity index (χ3n) is 4.00. The first-order valence-electron chi connectivity index (χ1n) is 7.50. The molecule has 2 heteroatoms. The molecule has 1 atom stereocenters. The van der Waals surface area contributed by atoms with Crippen molar-refractivity contribution in [1.29, 1.82) is 0 Å². The molecule has 0 amide bonds. The third kappa shape index (κ3) is 3.89. The first kappa shape index (κ1) is 14.7. The van der Waals surface area contributed by atoms with Crippen molar-refractivity contribution in [2.75, 3.05) is 13.2 Å². The Bertz CT molecular complexity index is 452. The van der Waals surface area contributed by atoms with E-state index >= 15 is 0 Å². The molecule has 1 aromatic rings. The first-order chi connectivity index (χ1) is 9.68. The Morgan fingerprint density at radius 1 is 1.30 bits per heavy atom. The quantitative estimate of drug-likeness (QED) is 0.683. The molecule has 0 saturated carbocycles. The summed E-state index contributed by atoms with van der Waals surface area (Å²) in [6.45, 7) is 12.0. The minimum atomic E-state index is 0.490. The summed E-state index contributed by atoms with van der Waals surface area (Å²) < 4.78 is 5.39. The van der Waals surface area contributed by atoms with Gasteiger partial charge in [0.15, 0.2) is 5.88 Å². The molecule has 2 rings (SSSR count). The number of nitrogens with zero attached hydrogens (tertiary/aromatic N) is 1. The Morgan fingerprint density at radius 2 is 2.05 bits per heavy atom. The average molecular weight is 271 g/mol. The monoisotopic (exact) mass is 271 g/mol. The van der Waals surface area contributed by atoms with Gasteiger partial charge in [0.25, 0.3) is 0 Å². The lowest BCUT2D eigenvalue weighted by molar-refractivity contribution is 0.243. The van der Waals surface area contributed by atoms with E-state index in [-0.39, 0.29) is 0 Å². The number of rotatable bonds is 7. The summed E-state index contributed by atoms with van der Waals surface area (Å²) in [5.74, 6) is 1.25. The van der Waals surface area contributed by atoms with Crippen molar-refractivity contribution in [3.05, 3.63) is 60.6 Å². The summed E-state index contributed by atoms with van der Waals surface area (Å²) in [4.78, 5) is 2.11. The minimum Gasteiger partial charge on any atom is -0.477 e. The van der Waals surface area contributed by atoms with Crippen LogP contribution in [0.25, 0.3) is 0 Å². The van der Waals surface area contributed by atoms with Gasteiger partial charge in [-0.05, 0) is 37.3 Å². The molecule has 2 nitrogen and oxygen atoms in total. The lowest BCUT2D eigenvalue weighted by Crippen LogP contribution is -2.21. The zero-order valence-electron chi connectivity index (χ0n) is 12.5. The molecular formula is C18H25NO. The van der Waals surface area contributed by atoms with Crippen LogP contribution in [0.15, 0.2) is 55.1 Å². The van der Waals surface area contributed by atoms with Crippen molar-refractivity contribution in [1.82, 2.24) is 4.90 Å². The fourth-order valence-corrected chi connectivity index (χ4v) is 2.62. The molecule has 0 N–H and O–H groups in total. The van der Waals surface area contributed by atoms with Crippen molar-refractivity contribution in [3.63, 3.8) is 0 Å². The number of aryl methyl sites for hydroxylation is 1. The number of unbranched alkanes of at least 4 members (excludes halogenated alkanes) is 1. The Kier molecular flexibility index (Phi) is 5.28. The predicted octanol–water partition coefficient (Wildman–Crippen LogP) is 4.35. The second-order valence-electron chi connectivity index (χ2n) is 5.52. The summed E-state index contributed by atoms with van der Waals surface area (Å²) >= 11 is 0. The van der Waals surface area contributed by atoms with E-state index < -0.39 is 0 Å². The second kappa shape index (κ2) is 7.18. The number of benzene rings is 1. The fourth-order valence-electron chi connectivity index (χ4n) is 2.62. The van der Waals surface area contributed by atoms with E-state index in [9.17, 15) is 0 Å². The second-order valence-corrected chi connectivity index (χ2v) is 5.52. The van der Waals surface area contributed by atoms with Gasteiger partial charge in [-0.15, -0.1) is 0 Å². The molecule has 108 valence electrons. The zero-order chi connectivity index (χ0) is 14.4. The van der Waals surface area contributed by atoms with Crippen molar-refractivity contribution in [3.8, 4) is 0 Å². The Balaban J connectivity index is 1.68. The highest BCUT2D eigenvalue weighted by atomic mass is 16.5. The van der Waals surface area contributed by atoms with Gasteiger partial charge in [0.05, 0.1) is 6.54 Å². The molecular weight excluding hydrogens is 246 g/mol. The molecule has 1 aliphatic heterocycles. The highest BCUT2D eigenvalue weighted by Crippen LogP contribution is 2.26. The number of ether oxygens (including phenoxy) is 1. The summed E-state index contributed by atoms with van der Waals surface area (Å²) in [5, 5.41) is 0. The van der Waals surface area contributed by atoms with E-state index in [4.69, 9.17) is 4.74 Å². The molecule has 0 radical (unpaired) electrons. The van der Waals surface area contributed by atoms with Crippen molar-refractivity contribution in [2.24, 2.45) is 5.92 Å². The fraction of sp³-hybridized carbons (Fsp3) is 0.444. The van der Waals surface area contributed by atoms with Crippen molar-refractivity contribution in [2.45, 2.75) is 32.6 Å². The Morgan fingerprint density at radius 3 is 2.70 bits per heavy atom. The molecule has 1 heterocycles. The molecule has 1 aliphatic rings. The van der Waals surface area contributed by atoms with Crippen LogP contribution in [0.3, 0.4) is 0 Å². The minimum absolute atomic E-state index is 0.490. The smallest absolute Gasteiger partial charge is 0.186 e. The lowest BCUT2D eigenvalue weighted by Gasteiger charge is -2.24. The van der Waals surface area contributed by atoms with Gasteiger partial charge in [-0.2, -0.15) is 0 Å². The van der Waals surface area contributed by atoms with Gasteiger partial charge in [-0.3, -0.25) is 0 Å². The number of hydrogen-bond acceptors (Lipinski definition) is 2. The van der Waals surface area contributed by atoms with E-state index in [0.717, 1.165) is 24.7 Å². The van der Waals surface area contributed by atoms with E-state index in [1.54, 1.807) is 0 Å². The molecule has 1 aromatic carbocycles. The molecule has 20 heavy (non-hydrogen) atoms. The van der Waals surface area contributed by atoms with Crippen LogP contribution >= 0.6 is 0 Å². The van der Waals surface area contributed by atoms with Crippen LogP contribution in [0.2, 0.25) is 0 Å². The summed E-state index contributed by atoms with van der Waals surface area (Å²) in [6, 6.07) is 10.7. The van der Waals surface area contributed by atoms with Gasteiger partial charge in [0.2, 0.25) is 0 Å². The molecule has 0 aromatic heterocycles. The largest absolute Gasteiger partial charge is 0.477 e. The van der Waals surface area contributed by atoms with Gasteiger partial charge < -0.3 is 9.64 Å². The molecule has 0 spiro atoms.